The van der Waals surface area contributed by atoms with Gasteiger partial charge in [-0.05, 0) is 19.1 Å². The predicted molar refractivity (Wildman–Crippen MR) is 104 cm³/mol. The lowest BCUT2D eigenvalue weighted by Gasteiger charge is -2.18. The van der Waals surface area contributed by atoms with Crippen molar-refractivity contribution in [3.8, 4) is 22.9 Å². The number of aromatic nitrogens is 2. The molecule has 3 aromatic rings. The van der Waals surface area contributed by atoms with Crippen LogP contribution < -0.4 is 14.4 Å². The molecule has 1 aliphatic rings. The highest BCUT2D eigenvalue weighted by atomic mass is 16.5. The van der Waals surface area contributed by atoms with Crippen LogP contribution in [0.2, 0.25) is 0 Å². The highest BCUT2D eigenvalue weighted by Crippen LogP contribution is 2.36. The lowest BCUT2D eigenvalue weighted by molar-refractivity contribution is -0.117. The lowest BCUT2D eigenvalue weighted by Crippen LogP contribution is -2.24. The van der Waals surface area contributed by atoms with E-state index in [9.17, 15) is 4.79 Å². The van der Waals surface area contributed by atoms with Gasteiger partial charge in [0.25, 0.3) is 0 Å². The average Bonchev–Trinajstić information content (AvgIpc) is 3.35. The Kier molecular flexibility index (Phi) is 4.73. The topological polar surface area (TPSA) is 77.7 Å². The second-order valence-electron chi connectivity index (χ2n) is 6.77. The van der Waals surface area contributed by atoms with Gasteiger partial charge in [-0.15, -0.1) is 0 Å². The molecule has 1 saturated heterocycles. The molecule has 1 aliphatic heterocycles. The molecular formula is C21H21N3O4. The minimum atomic E-state index is -0.146. The summed E-state index contributed by atoms with van der Waals surface area (Å²) in [4.78, 5) is 18.8. The third-order valence-corrected chi connectivity index (χ3v) is 4.90. The van der Waals surface area contributed by atoms with Crippen LogP contribution in [0.3, 0.4) is 0 Å². The molecule has 0 N–H and O–H groups in total. The number of methoxy groups -OCH3 is 2. The Balaban J connectivity index is 1.55. The number of rotatable bonds is 5. The van der Waals surface area contributed by atoms with Crippen molar-refractivity contribution in [2.75, 3.05) is 25.7 Å². The second-order valence-corrected chi connectivity index (χ2v) is 6.77. The largest absolute Gasteiger partial charge is 0.493 e. The summed E-state index contributed by atoms with van der Waals surface area (Å²) in [5.74, 6) is 2.07. The minimum Gasteiger partial charge on any atom is -0.493 e. The molecule has 2 aromatic carbocycles. The Bertz CT molecular complexity index is 997. The Labute approximate surface area is 162 Å². The molecule has 7 heteroatoms. The first-order valence-electron chi connectivity index (χ1n) is 9.02. The molecule has 28 heavy (non-hydrogen) atoms. The van der Waals surface area contributed by atoms with Crippen LogP contribution in [0.4, 0.5) is 5.69 Å². The third kappa shape index (κ3) is 3.31. The number of hydrogen-bond acceptors (Lipinski definition) is 6. The van der Waals surface area contributed by atoms with Crippen LogP contribution in [0.5, 0.6) is 11.5 Å². The van der Waals surface area contributed by atoms with Crippen molar-refractivity contribution in [3.05, 3.63) is 53.9 Å². The maximum Gasteiger partial charge on any atom is 0.232 e. The summed E-state index contributed by atoms with van der Waals surface area (Å²) in [6.07, 6.45) is 0.323. The standard InChI is InChI=1S/C21H21N3O4/c1-13-4-6-14(7-5-13)20-22-21(28-23-20)15-10-19(25)24(12-15)16-8-9-17(26-2)18(11-16)27-3/h4-9,11,15H,10,12H2,1-3H3/t15-/m0/s1. The second kappa shape index (κ2) is 7.34. The van der Waals surface area contributed by atoms with Crippen molar-refractivity contribution < 1.29 is 18.8 Å². The van der Waals surface area contributed by atoms with E-state index in [1.807, 2.05) is 37.3 Å². The van der Waals surface area contributed by atoms with Crippen LogP contribution >= 0.6 is 0 Å². The molecule has 7 nitrogen and oxygen atoms in total. The van der Waals surface area contributed by atoms with E-state index in [4.69, 9.17) is 14.0 Å². The van der Waals surface area contributed by atoms with Crippen LogP contribution in [0.15, 0.2) is 47.0 Å². The van der Waals surface area contributed by atoms with Gasteiger partial charge in [0.1, 0.15) is 0 Å². The molecule has 2 heterocycles. The fraction of sp³-hybridized carbons (Fsp3) is 0.286. The zero-order chi connectivity index (χ0) is 19.7. The molecule has 0 saturated carbocycles. The first kappa shape index (κ1) is 18.0. The smallest absolute Gasteiger partial charge is 0.232 e. The number of ether oxygens (including phenoxy) is 2. The van der Waals surface area contributed by atoms with Crippen molar-refractivity contribution in [1.82, 2.24) is 10.1 Å². The molecule has 0 aliphatic carbocycles. The molecule has 0 spiro atoms. The molecule has 1 fully saturated rings. The van der Waals surface area contributed by atoms with Crippen LogP contribution in [0, 0.1) is 6.92 Å². The van der Waals surface area contributed by atoms with Gasteiger partial charge in [0, 0.05) is 30.3 Å². The van der Waals surface area contributed by atoms with E-state index in [0.717, 1.165) is 11.3 Å². The number of amides is 1. The summed E-state index contributed by atoms with van der Waals surface area (Å²) < 4.78 is 16.1. The van der Waals surface area contributed by atoms with E-state index in [1.165, 1.54) is 5.56 Å². The molecule has 0 radical (unpaired) electrons. The molecule has 144 valence electrons. The first-order chi connectivity index (χ1) is 13.6. The van der Waals surface area contributed by atoms with Gasteiger partial charge in [-0.3, -0.25) is 4.79 Å². The molecular weight excluding hydrogens is 358 g/mol. The third-order valence-electron chi connectivity index (χ3n) is 4.90. The summed E-state index contributed by atoms with van der Waals surface area (Å²) in [6.45, 7) is 2.50. The van der Waals surface area contributed by atoms with E-state index in [-0.39, 0.29) is 11.8 Å². The summed E-state index contributed by atoms with van der Waals surface area (Å²) in [7, 11) is 3.15. The zero-order valence-corrected chi connectivity index (χ0v) is 16.0. The maximum absolute atomic E-state index is 12.6. The normalized spacial score (nSPS) is 16.5. The monoisotopic (exact) mass is 379 g/mol. The van der Waals surface area contributed by atoms with Crippen LogP contribution in [-0.4, -0.2) is 36.8 Å². The zero-order valence-electron chi connectivity index (χ0n) is 16.0. The molecule has 0 bridgehead atoms. The van der Waals surface area contributed by atoms with Gasteiger partial charge in [0.2, 0.25) is 17.6 Å². The Hall–Kier alpha value is -3.35. The molecule has 1 aromatic heterocycles. The molecule has 1 atom stereocenters. The van der Waals surface area contributed by atoms with Gasteiger partial charge in [-0.1, -0.05) is 35.0 Å². The number of nitrogens with zero attached hydrogens (tertiary/aromatic N) is 3. The van der Waals surface area contributed by atoms with Gasteiger partial charge in [0.05, 0.1) is 20.1 Å². The SMILES string of the molecule is COc1ccc(N2C[C@@H](c3nc(-c4ccc(C)cc4)no3)CC2=O)cc1OC. The lowest BCUT2D eigenvalue weighted by atomic mass is 10.1. The minimum absolute atomic E-state index is 0.00676. The van der Waals surface area contributed by atoms with Crippen molar-refractivity contribution in [2.24, 2.45) is 0 Å². The number of aryl methyl sites for hydroxylation is 1. The summed E-state index contributed by atoms with van der Waals surface area (Å²) in [6, 6.07) is 13.3. The summed E-state index contributed by atoms with van der Waals surface area (Å²) in [5.41, 5.74) is 2.81. The van der Waals surface area contributed by atoms with Gasteiger partial charge >= 0.3 is 0 Å². The van der Waals surface area contributed by atoms with Crippen LogP contribution in [0.1, 0.15) is 23.8 Å². The van der Waals surface area contributed by atoms with Crippen molar-refractivity contribution in [2.45, 2.75) is 19.3 Å². The predicted octanol–water partition coefficient (Wildman–Crippen LogP) is 3.58. The fourth-order valence-corrected chi connectivity index (χ4v) is 3.34. The Morgan fingerprint density at radius 1 is 1.07 bits per heavy atom. The maximum atomic E-state index is 12.6. The van der Waals surface area contributed by atoms with Gasteiger partial charge in [-0.2, -0.15) is 4.98 Å². The number of anilines is 1. The van der Waals surface area contributed by atoms with Gasteiger partial charge < -0.3 is 18.9 Å². The molecule has 1 amide bonds. The first-order valence-corrected chi connectivity index (χ1v) is 9.02. The number of carbonyl (C=O) groups excluding carboxylic acids is 1. The Morgan fingerprint density at radius 3 is 2.54 bits per heavy atom. The van der Waals surface area contributed by atoms with Crippen molar-refractivity contribution in [1.29, 1.82) is 0 Å². The van der Waals surface area contributed by atoms with Gasteiger partial charge in [-0.25, -0.2) is 0 Å². The number of carbonyl (C=O) groups is 1. The number of benzene rings is 2. The van der Waals surface area contributed by atoms with E-state index in [2.05, 4.69) is 10.1 Å². The van der Waals surface area contributed by atoms with E-state index in [0.29, 0.717) is 36.2 Å². The summed E-state index contributed by atoms with van der Waals surface area (Å²) in [5, 5.41) is 4.08. The fourth-order valence-electron chi connectivity index (χ4n) is 3.34. The Morgan fingerprint density at radius 2 is 1.82 bits per heavy atom. The van der Waals surface area contributed by atoms with Crippen molar-refractivity contribution >= 4 is 11.6 Å². The van der Waals surface area contributed by atoms with Gasteiger partial charge in [0.15, 0.2) is 11.5 Å². The molecule has 4 rings (SSSR count). The summed E-state index contributed by atoms with van der Waals surface area (Å²) >= 11 is 0. The average molecular weight is 379 g/mol. The van der Waals surface area contributed by atoms with Crippen LogP contribution in [0.25, 0.3) is 11.4 Å². The quantitative estimate of drug-likeness (QED) is 0.674. The van der Waals surface area contributed by atoms with E-state index >= 15 is 0 Å². The van der Waals surface area contributed by atoms with E-state index in [1.54, 1.807) is 31.3 Å². The van der Waals surface area contributed by atoms with Crippen molar-refractivity contribution in [3.63, 3.8) is 0 Å². The van der Waals surface area contributed by atoms with Crippen LogP contribution in [-0.2, 0) is 4.79 Å². The molecule has 0 unspecified atom stereocenters. The van der Waals surface area contributed by atoms with E-state index < -0.39 is 0 Å². The highest BCUT2D eigenvalue weighted by molar-refractivity contribution is 5.96. The highest BCUT2D eigenvalue weighted by Gasteiger charge is 2.35. The number of hydrogen-bond donors (Lipinski definition) is 0.